The lowest BCUT2D eigenvalue weighted by Gasteiger charge is -2.07. The van der Waals surface area contributed by atoms with Gasteiger partial charge in [0, 0.05) is 6.07 Å². The zero-order valence-corrected chi connectivity index (χ0v) is 12.3. The van der Waals surface area contributed by atoms with Crippen molar-refractivity contribution in [3.05, 3.63) is 51.7 Å². The van der Waals surface area contributed by atoms with Crippen LogP contribution in [-0.2, 0) is 10.1 Å². The van der Waals surface area contributed by atoms with Crippen LogP contribution in [0.2, 0.25) is 15.2 Å². The summed E-state index contributed by atoms with van der Waals surface area (Å²) in [7, 11) is -3.98. The molecule has 4 nitrogen and oxygen atoms in total. The van der Waals surface area contributed by atoms with Crippen molar-refractivity contribution >= 4 is 44.9 Å². The molecular formula is C11H6Cl3NO3S. The lowest BCUT2D eigenvalue weighted by molar-refractivity contribution is 0.486. The molecule has 2 aromatic rings. The van der Waals surface area contributed by atoms with Gasteiger partial charge >= 0.3 is 10.1 Å². The maximum absolute atomic E-state index is 11.9. The van der Waals surface area contributed by atoms with Gasteiger partial charge in [-0.2, -0.15) is 8.42 Å². The summed E-state index contributed by atoms with van der Waals surface area (Å²) in [5.74, 6) is 0.0596. The van der Waals surface area contributed by atoms with Gasteiger partial charge in [-0.3, -0.25) is 0 Å². The Bertz CT molecular complexity index is 702. The molecule has 0 aliphatic heterocycles. The molecule has 0 saturated carbocycles. The van der Waals surface area contributed by atoms with Crippen LogP contribution in [0.5, 0.6) is 5.75 Å². The molecule has 1 heterocycles. The van der Waals surface area contributed by atoms with Crippen molar-refractivity contribution in [2.45, 2.75) is 4.90 Å². The van der Waals surface area contributed by atoms with E-state index in [2.05, 4.69) is 4.98 Å². The minimum atomic E-state index is -3.98. The van der Waals surface area contributed by atoms with Crippen molar-refractivity contribution < 1.29 is 12.6 Å². The normalized spacial score (nSPS) is 11.3. The van der Waals surface area contributed by atoms with E-state index in [0.29, 0.717) is 5.02 Å². The first-order valence-corrected chi connectivity index (χ1v) is 7.44. The molecule has 1 aromatic heterocycles. The Labute approximate surface area is 125 Å². The summed E-state index contributed by atoms with van der Waals surface area (Å²) in [6, 6.07) is 6.80. The van der Waals surface area contributed by atoms with Crippen molar-refractivity contribution in [2.24, 2.45) is 0 Å². The van der Waals surface area contributed by atoms with Crippen LogP contribution in [0.15, 0.2) is 41.4 Å². The van der Waals surface area contributed by atoms with Gasteiger partial charge in [-0.1, -0.05) is 34.8 Å². The molecule has 0 spiro atoms. The fourth-order valence-corrected chi connectivity index (χ4v) is 2.48. The first-order chi connectivity index (χ1) is 8.88. The number of pyridine rings is 1. The number of hydrogen-bond donors (Lipinski definition) is 0. The van der Waals surface area contributed by atoms with Gasteiger partial charge in [-0.05, 0) is 24.3 Å². The van der Waals surface area contributed by atoms with Gasteiger partial charge in [0.05, 0.1) is 16.2 Å². The highest BCUT2D eigenvalue weighted by Gasteiger charge is 2.17. The van der Waals surface area contributed by atoms with Gasteiger partial charge in [0.15, 0.2) is 0 Å². The number of benzene rings is 1. The molecule has 8 heteroatoms. The standard InChI is InChI=1S/C11H6Cl3NO3S/c12-9-3-1-7(5-10(9)13)18-19(16,17)8-2-4-11(14)15-6-8/h1-6H. The molecule has 100 valence electrons. The van der Waals surface area contributed by atoms with E-state index in [9.17, 15) is 8.42 Å². The topological polar surface area (TPSA) is 56.3 Å². The van der Waals surface area contributed by atoms with E-state index in [1.54, 1.807) is 0 Å². The average Bonchev–Trinajstić information content (AvgIpc) is 2.34. The Kier molecular flexibility index (Phi) is 4.20. The number of nitrogens with zero attached hydrogens (tertiary/aromatic N) is 1. The Morgan fingerprint density at radius 2 is 1.74 bits per heavy atom. The maximum Gasteiger partial charge on any atom is 0.340 e. The molecule has 0 unspecified atom stereocenters. The van der Waals surface area contributed by atoms with Crippen LogP contribution in [-0.4, -0.2) is 13.4 Å². The third-order valence-electron chi connectivity index (χ3n) is 2.09. The smallest absolute Gasteiger partial charge is 0.340 e. The predicted molar refractivity (Wildman–Crippen MR) is 73.5 cm³/mol. The molecule has 0 bridgehead atoms. The highest BCUT2D eigenvalue weighted by atomic mass is 35.5. The fourth-order valence-electron chi connectivity index (χ4n) is 1.21. The van der Waals surface area contributed by atoms with E-state index >= 15 is 0 Å². The number of rotatable bonds is 3. The number of hydrogen-bond acceptors (Lipinski definition) is 4. The van der Waals surface area contributed by atoms with Crippen LogP contribution in [0.1, 0.15) is 0 Å². The van der Waals surface area contributed by atoms with Crippen LogP contribution in [0.25, 0.3) is 0 Å². The monoisotopic (exact) mass is 337 g/mol. The zero-order chi connectivity index (χ0) is 14.0. The van der Waals surface area contributed by atoms with Gasteiger partial charge < -0.3 is 4.18 Å². The molecule has 0 aliphatic carbocycles. The third kappa shape index (κ3) is 3.51. The second-order valence-electron chi connectivity index (χ2n) is 3.43. The lowest BCUT2D eigenvalue weighted by Crippen LogP contribution is -2.10. The molecular weight excluding hydrogens is 333 g/mol. The van der Waals surface area contributed by atoms with E-state index < -0.39 is 10.1 Å². The fraction of sp³-hybridized carbons (Fsp3) is 0. The quantitative estimate of drug-likeness (QED) is 0.631. The van der Waals surface area contributed by atoms with E-state index in [0.717, 1.165) is 6.20 Å². The van der Waals surface area contributed by atoms with Crippen molar-refractivity contribution in [3.63, 3.8) is 0 Å². The van der Waals surface area contributed by atoms with Crippen LogP contribution in [0, 0.1) is 0 Å². The largest absolute Gasteiger partial charge is 0.379 e. The molecule has 0 amide bonds. The Hall–Kier alpha value is -1.01. The van der Waals surface area contributed by atoms with E-state index in [-0.39, 0.29) is 20.8 Å². The highest BCUT2D eigenvalue weighted by molar-refractivity contribution is 7.87. The molecule has 0 fully saturated rings. The van der Waals surface area contributed by atoms with Crippen LogP contribution < -0.4 is 4.18 Å². The average molecular weight is 339 g/mol. The summed E-state index contributed by atoms with van der Waals surface area (Å²) in [6.45, 7) is 0. The number of aromatic nitrogens is 1. The minimum Gasteiger partial charge on any atom is -0.379 e. The summed E-state index contributed by atoms with van der Waals surface area (Å²) in [6.07, 6.45) is 1.11. The maximum atomic E-state index is 11.9. The Morgan fingerprint density at radius 3 is 2.32 bits per heavy atom. The van der Waals surface area contributed by atoms with Crippen molar-refractivity contribution in [1.82, 2.24) is 4.98 Å². The van der Waals surface area contributed by atoms with Crippen molar-refractivity contribution in [2.75, 3.05) is 0 Å². The second kappa shape index (κ2) is 5.54. The molecule has 0 aliphatic rings. The summed E-state index contributed by atoms with van der Waals surface area (Å²) in [5, 5.41) is 0.691. The Morgan fingerprint density at radius 1 is 1.00 bits per heavy atom. The molecule has 0 saturated heterocycles. The summed E-state index contributed by atoms with van der Waals surface area (Å²) in [4.78, 5) is 3.57. The van der Waals surface area contributed by atoms with E-state index in [4.69, 9.17) is 39.0 Å². The van der Waals surface area contributed by atoms with Gasteiger partial charge in [0.1, 0.15) is 15.8 Å². The molecule has 1 aromatic carbocycles. The van der Waals surface area contributed by atoms with Crippen LogP contribution in [0.4, 0.5) is 0 Å². The SMILES string of the molecule is O=S(=O)(Oc1ccc(Cl)c(Cl)c1)c1ccc(Cl)nc1. The number of halogens is 3. The molecule has 0 N–H and O–H groups in total. The summed E-state index contributed by atoms with van der Waals surface area (Å²) >= 11 is 17.1. The van der Waals surface area contributed by atoms with Crippen LogP contribution >= 0.6 is 34.8 Å². The molecule has 0 atom stereocenters. The highest BCUT2D eigenvalue weighted by Crippen LogP contribution is 2.28. The summed E-state index contributed by atoms with van der Waals surface area (Å²) < 4.78 is 28.8. The first kappa shape index (κ1) is 14.4. The third-order valence-corrected chi connectivity index (χ3v) is 4.28. The molecule has 0 radical (unpaired) electrons. The molecule has 2 rings (SSSR count). The molecule has 19 heavy (non-hydrogen) atoms. The van der Waals surface area contributed by atoms with E-state index in [1.165, 1.54) is 30.3 Å². The summed E-state index contributed by atoms with van der Waals surface area (Å²) in [5.41, 5.74) is 0. The van der Waals surface area contributed by atoms with Crippen LogP contribution in [0.3, 0.4) is 0 Å². The lowest BCUT2D eigenvalue weighted by atomic mass is 10.3. The van der Waals surface area contributed by atoms with Crippen molar-refractivity contribution in [1.29, 1.82) is 0 Å². The first-order valence-electron chi connectivity index (χ1n) is 4.89. The minimum absolute atomic E-state index is 0.0596. The van der Waals surface area contributed by atoms with E-state index in [1.807, 2.05) is 0 Å². The van der Waals surface area contributed by atoms with Gasteiger partial charge in [-0.25, -0.2) is 4.98 Å². The Balaban J connectivity index is 2.30. The zero-order valence-electron chi connectivity index (χ0n) is 9.18. The second-order valence-corrected chi connectivity index (χ2v) is 6.18. The predicted octanol–water partition coefficient (Wildman–Crippen LogP) is 3.81. The van der Waals surface area contributed by atoms with Gasteiger partial charge in [0.2, 0.25) is 0 Å². The van der Waals surface area contributed by atoms with Gasteiger partial charge in [0.25, 0.3) is 0 Å². The van der Waals surface area contributed by atoms with Crippen molar-refractivity contribution in [3.8, 4) is 5.75 Å². The van der Waals surface area contributed by atoms with Gasteiger partial charge in [-0.15, -0.1) is 0 Å².